The standard InChI is InChI=1S/C16H16N2O3/c1-9-6-10-4-5-18(14(10)8-13(9)17)16(21)12-7-11(19)2-3-15(12)20/h2-3,6-8,19-20H,4-5,17H2,1H3. The number of nitrogens with two attached hydrogens (primary N) is 1. The number of nitrogens with zero attached hydrogens (tertiary/aromatic N) is 1. The molecule has 3 rings (SSSR count). The molecule has 0 unspecified atom stereocenters. The third-order valence-electron chi connectivity index (χ3n) is 3.82. The van der Waals surface area contributed by atoms with E-state index in [4.69, 9.17) is 5.73 Å². The van der Waals surface area contributed by atoms with E-state index in [-0.39, 0.29) is 23.0 Å². The van der Waals surface area contributed by atoms with Crippen molar-refractivity contribution < 1.29 is 15.0 Å². The molecule has 5 heteroatoms. The van der Waals surface area contributed by atoms with E-state index in [2.05, 4.69) is 0 Å². The van der Waals surface area contributed by atoms with Gasteiger partial charge in [0, 0.05) is 17.9 Å². The zero-order valence-electron chi connectivity index (χ0n) is 11.6. The second-order valence-electron chi connectivity index (χ2n) is 5.25. The predicted molar refractivity (Wildman–Crippen MR) is 80.7 cm³/mol. The minimum absolute atomic E-state index is 0.0565. The molecule has 0 bridgehead atoms. The van der Waals surface area contributed by atoms with E-state index >= 15 is 0 Å². The number of aryl methyl sites for hydroxylation is 1. The highest BCUT2D eigenvalue weighted by atomic mass is 16.3. The van der Waals surface area contributed by atoms with E-state index < -0.39 is 0 Å². The van der Waals surface area contributed by atoms with Crippen molar-refractivity contribution in [2.75, 3.05) is 17.2 Å². The van der Waals surface area contributed by atoms with Crippen molar-refractivity contribution in [2.24, 2.45) is 0 Å². The first-order valence-electron chi connectivity index (χ1n) is 6.70. The summed E-state index contributed by atoms with van der Waals surface area (Å²) in [4.78, 5) is 14.2. The lowest BCUT2D eigenvalue weighted by Crippen LogP contribution is -2.29. The first kappa shape index (κ1) is 13.3. The molecule has 2 aromatic rings. The summed E-state index contributed by atoms with van der Waals surface area (Å²) in [6.07, 6.45) is 0.752. The van der Waals surface area contributed by atoms with Gasteiger partial charge in [-0.15, -0.1) is 0 Å². The van der Waals surface area contributed by atoms with Crippen molar-refractivity contribution >= 4 is 17.3 Å². The maximum Gasteiger partial charge on any atom is 0.262 e. The van der Waals surface area contributed by atoms with E-state index in [0.717, 1.165) is 23.2 Å². The average molecular weight is 284 g/mol. The monoisotopic (exact) mass is 284 g/mol. The van der Waals surface area contributed by atoms with Crippen LogP contribution in [0.25, 0.3) is 0 Å². The molecule has 0 aromatic heterocycles. The SMILES string of the molecule is Cc1cc2c(cc1N)N(C(=O)c1cc(O)ccc1O)CC2. The fourth-order valence-corrected chi connectivity index (χ4v) is 2.63. The Bertz CT molecular complexity index is 741. The summed E-state index contributed by atoms with van der Waals surface area (Å²) in [6, 6.07) is 7.69. The molecular weight excluding hydrogens is 268 g/mol. The van der Waals surface area contributed by atoms with Crippen LogP contribution < -0.4 is 10.6 Å². The van der Waals surface area contributed by atoms with Crippen molar-refractivity contribution in [3.8, 4) is 11.5 Å². The lowest BCUT2D eigenvalue weighted by Gasteiger charge is -2.19. The number of nitrogen functional groups attached to an aromatic ring is 1. The number of benzene rings is 2. The lowest BCUT2D eigenvalue weighted by molar-refractivity contribution is 0.0986. The van der Waals surface area contributed by atoms with Crippen LogP contribution in [0.2, 0.25) is 0 Å². The quantitative estimate of drug-likeness (QED) is 0.553. The number of hydrogen-bond acceptors (Lipinski definition) is 4. The molecule has 0 spiro atoms. The number of amides is 1. The van der Waals surface area contributed by atoms with Gasteiger partial charge >= 0.3 is 0 Å². The maximum absolute atomic E-state index is 12.6. The maximum atomic E-state index is 12.6. The summed E-state index contributed by atoms with van der Waals surface area (Å²) < 4.78 is 0. The van der Waals surface area contributed by atoms with Crippen molar-refractivity contribution in [1.82, 2.24) is 0 Å². The van der Waals surface area contributed by atoms with Crippen LogP contribution >= 0.6 is 0 Å². The highest BCUT2D eigenvalue weighted by molar-refractivity contribution is 6.09. The van der Waals surface area contributed by atoms with Gasteiger partial charge in [0.15, 0.2) is 0 Å². The molecule has 0 atom stereocenters. The fourth-order valence-electron chi connectivity index (χ4n) is 2.63. The molecule has 0 radical (unpaired) electrons. The van der Waals surface area contributed by atoms with Crippen LogP contribution in [0.15, 0.2) is 30.3 Å². The summed E-state index contributed by atoms with van der Waals surface area (Å²) in [5, 5.41) is 19.3. The normalized spacial score (nSPS) is 13.3. The van der Waals surface area contributed by atoms with Gasteiger partial charge in [0.25, 0.3) is 5.91 Å². The topological polar surface area (TPSA) is 86.8 Å². The Labute approximate surface area is 122 Å². The number of rotatable bonds is 1. The summed E-state index contributed by atoms with van der Waals surface area (Å²) in [5.41, 5.74) is 9.46. The van der Waals surface area contributed by atoms with Gasteiger partial charge < -0.3 is 20.8 Å². The van der Waals surface area contributed by atoms with Crippen molar-refractivity contribution in [3.63, 3.8) is 0 Å². The van der Waals surface area contributed by atoms with E-state index in [0.29, 0.717) is 12.2 Å². The number of aromatic hydroxyl groups is 2. The van der Waals surface area contributed by atoms with Crippen molar-refractivity contribution in [1.29, 1.82) is 0 Å². The molecule has 1 aliphatic heterocycles. The molecule has 0 saturated carbocycles. The minimum Gasteiger partial charge on any atom is -0.508 e. The average Bonchev–Trinajstić information content (AvgIpc) is 2.84. The summed E-state index contributed by atoms with van der Waals surface area (Å²) in [6.45, 7) is 2.47. The van der Waals surface area contributed by atoms with Crippen molar-refractivity contribution in [3.05, 3.63) is 47.0 Å². The van der Waals surface area contributed by atoms with Crippen LogP contribution in [0.5, 0.6) is 11.5 Å². The highest BCUT2D eigenvalue weighted by Gasteiger charge is 2.28. The number of carbonyl (C=O) groups excluding carboxylic acids is 1. The van der Waals surface area contributed by atoms with Gasteiger partial charge in [-0.25, -0.2) is 0 Å². The Hall–Kier alpha value is -2.69. The molecule has 0 saturated heterocycles. The Morgan fingerprint density at radius 1 is 1.24 bits per heavy atom. The van der Waals surface area contributed by atoms with Crippen LogP contribution in [0.1, 0.15) is 21.5 Å². The molecule has 1 heterocycles. The van der Waals surface area contributed by atoms with Crippen LogP contribution in [-0.4, -0.2) is 22.7 Å². The largest absolute Gasteiger partial charge is 0.508 e. The number of phenolic OH excluding ortho intramolecular Hbond substituents is 2. The molecule has 5 nitrogen and oxygen atoms in total. The molecule has 108 valence electrons. The molecule has 0 aliphatic carbocycles. The molecule has 21 heavy (non-hydrogen) atoms. The van der Waals surface area contributed by atoms with Gasteiger partial charge in [0.2, 0.25) is 0 Å². The fraction of sp³-hybridized carbons (Fsp3) is 0.188. The van der Waals surface area contributed by atoms with Crippen LogP contribution in [0, 0.1) is 6.92 Å². The Morgan fingerprint density at radius 2 is 2.00 bits per heavy atom. The second kappa shape index (κ2) is 4.70. The second-order valence-corrected chi connectivity index (χ2v) is 5.25. The van der Waals surface area contributed by atoms with Crippen LogP contribution in [-0.2, 0) is 6.42 Å². The third-order valence-corrected chi connectivity index (χ3v) is 3.82. The molecule has 4 N–H and O–H groups in total. The molecule has 2 aromatic carbocycles. The van der Waals surface area contributed by atoms with E-state index in [1.807, 2.05) is 13.0 Å². The summed E-state index contributed by atoms with van der Waals surface area (Å²) >= 11 is 0. The Morgan fingerprint density at radius 3 is 2.76 bits per heavy atom. The third kappa shape index (κ3) is 2.16. The molecule has 0 fully saturated rings. The van der Waals surface area contributed by atoms with Gasteiger partial charge in [0.05, 0.1) is 5.56 Å². The molecular formula is C16H16N2O3. The van der Waals surface area contributed by atoms with Gasteiger partial charge in [-0.3, -0.25) is 4.79 Å². The lowest BCUT2D eigenvalue weighted by atomic mass is 10.1. The Balaban J connectivity index is 2.02. The predicted octanol–water partition coefficient (Wildman–Crippen LogP) is 2.19. The number of hydrogen-bond donors (Lipinski definition) is 3. The van der Waals surface area contributed by atoms with Gasteiger partial charge in [-0.2, -0.15) is 0 Å². The first-order chi connectivity index (χ1) is 9.97. The Kier molecular flexibility index (Phi) is 2.97. The van der Waals surface area contributed by atoms with Gasteiger partial charge in [-0.05, 0) is 48.7 Å². The van der Waals surface area contributed by atoms with Gasteiger partial charge in [0.1, 0.15) is 11.5 Å². The number of anilines is 2. The van der Waals surface area contributed by atoms with E-state index in [9.17, 15) is 15.0 Å². The zero-order chi connectivity index (χ0) is 15.1. The number of fused-ring (bicyclic) bond motifs is 1. The summed E-state index contributed by atoms with van der Waals surface area (Å²) in [5.74, 6) is -0.546. The summed E-state index contributed by atoms with van der Waals surface area (Å²) in [7, 11) is 0. The molecule has 1 aliphatic rings. The van der Waals surface area contributed by atoms with E-state index in [1.54, 1.807) is 11.0 Å². The number of phenols is 2. The zero-order valence-corrected chi connectivity index (χ0v) is 11.6. The number of carbonyl (C=O) groups is 1. The van der Waals surface area contributed by atoms with Crippen LogP contribution in [0.3, 0.4) is 0 Å². The minimum atomic E-state index is -0.342. The first-order valence-corrected chi connectivity index (χ1v) is 6.70. The smallest absolute Gasteiger partial charge is 0.262 e. The molecule has 1 amide bonds. The van der Waals surface area contributed by atoms with Crippen LogP contribution in [0.4, 0.5) is 11.4 Å². The van der Waals surface area contributed by atoms with Gasteiger partial charge in [-0.1, -0.05) is 6.07 Å². The van der Waals surface area contributed by atoms with E-state index in [1.165, 1.54) is 18.2 Å². The highest BCUT2D eigenvalue weighted by Crippen LogP contribution is 2.34. The van der Waals surface area contributed by atoms with Crippen molar-refractivity contribution in [2.45, 2.75) is 13.3 Å².